The maximum absolute atomic E-state index is 13.1. The lowest BCUT2D eigenvalue weighted by molar-refractivity contribution is -0.124. The van der Waals surface area contributed by atoms with Crippen LogP contribution in [-0.2, 0) is 21.3 Å². The smallest absolute Gasteiger partial charge is 0.248 e. The van der Waals surface area contributed by atoms with E-state index in [0.717, 1.165) is 5.56 Å². The molecular formula is C15H19F2NO2S. The van der Waals surface area contributed by atoms with Crippen molar-refractivity contribution < 1.29 is 17.8 Å². The molecule has 0 bridgehead atoms. The third-order valence-electron chi connectivity index (χ3n) is 3.72. The Balaban J connectivity index is 2.02. The first-order valence-electron chi connectivity index (χ1n) is 6.94. The molecule has 1 saturated carbocycles. The molecule has 21 heavy (non-hydrogen) atoms. The number of hydrogen-bond donors (Lipinski definition) is 1. The van der Waals surface area contributed by atoms with Crippen molar-refractivity contribution in [1.29, 1.82) is 0 Å². The van der Waals surface area contributed by atoms with Crippen molar-refractivity contribution in [3.63, 3.8) is 0 Å². The Bertz CT molecular complexity index is 538. The van der Waals surface area contributed by atoms with Gasteiger partial charge in [0.05, 0.1) is 5.75 Å². The number of anilines is 1. The van der Waals surface area contributed by atoms with E-state index in [1.54, 1.807) is 18.4 Å². The van der Waals surface area contributed by atoms with Gasteiger partial charge in [-0.25, -0.2) is 8.78 Å². The first kappa shape index (κ1) is 16.1. The predicted octanol–water partition coefficient (Wildman–Crippen LogP) is 3.33. The molecule has 116 valence electrons. The molecule has 0 heterocycles. The van der Waals surface area contributed by atoms with Gasteiger partial charge in [-0.05, 0) is 24.5 Å². The van der Waals surface area contributed by atoms with Crippen LogP contribution in [0.25, 0.3) is 0 Å². The fraction of sp³-hybridized carbons (Fsp3) is 0.533. The second-order valence-electron chi connectivity index (χ2n) is 5.49. The number of nitrogens with one attached hydrogen (secondary N) is 1. The summed E-state index contributed by atoms with van der Waals surface area (Å²) in [6, 6.07) is 7.16. The molecule has 1 aromatic carbocycles. The van der Waals surface area contributed by atoms with Crippen LogP contribution in [0.2, 0.25) is 0 Å². The Morgan fingerprint density at radius 3 is 2.57 bits per heavy atom. The molecule has 2 rings (SSSR count). The highest BCUT2D eigenvalue weighted by Gasteiger charge is 2.37. The number of amides is 1. The van der Waals surface area contributed by atoms with Crippen LogP contribution in [0.1, 0.15) is 31.2 Å². The van der Waals surface area contributed by atoms with E-state index in [9.17, 15) is 17.8 Å². The first-order chi connectivity index (χ1) is 9.87. The Kier molecular flexibility index (Phi) is 5.08. The Hall–Kier alpha value is -1.30. The molecule has 1 fully saturated rings. The van der Waals surface area contributed by atoms with E-state index in [1.165, 1.54) is 0 Å². The fourth-order valence-corrected chi connectivity index (χ4v) is 3.21. The molecular weight excluding hydrogens is 296 g/mol. The topological polar surface area (TPSA) is 46.2 Å². The first-order valence-corrected chi connectivity index (χ1v) is 8.67. The maximum atomic E-state index is 13.1. The summed E-state index contributed by atoms with van der Waals surface area (Å²) in [5.41, 5.74) is 1.42. The van der Waals surface area contributed by atoms with Crippen molar-refractivity contribution in [2.45, 2.75) is 37.4 Å². The van der Waals surface area contributed by atoms with Crippen molar-refractivity contribution in [3.05, 3.63) is 29.8 Å². The van der Waals surface area contributed by atoms with E-state index in [4.69, 9.17) is 0 Å². The number of para-hydroxylation sites is 1. The normalized spacial score (nSPS) is 20.0. The molecule has 1 aliphatic rings. The van der Waals surface area contributed by atoms with Gasteiger partial charge in [-0.3, -0.25) is 9.00 Å². The quantitative estimate of drug-likeness (QED) is 0.926. The van der Waals surface area contributed by atoms with E-state index in [-0.39, 0.29) is 37.5 Å². The SMILES string of the molecule is CS(=O)Cc1ccccc1NC(=O)C1CCC(F)(F)CC1. The number of benzene rings is 1. The molecule has 1 atom stereocenters. The van der Waals surface area contributed by atoms with Gasteiger partial charge in [-0.1, -0.05) is 18.2 Å². The molecule has 1 amide bonds. The minimum atomic E-state index is -2.63. The van der Waals surface area contributed by atoms with Gasteiger partial charge in [0, 0.05) is 41.5 Å². The lowest BCUT2D eigenvalue weighted by atomic mass is 9.86. The molecule has 0 saturated heterocycles. The van der Waals surface area contributed by atoms with Crippen LogP contribution in [0.4, 0.5) is 14.5 Å². The molecule has 6 heteroatoms. The molecule has 1 aromatic rings. The minimum absolute atomic E-state index is 0.209. The van der Waals surface area contributed by atoms with E-state index < -0.39 is 16.7 Å². The number of rotatable bonds is 4. The van der Waals surface area contributed by atoms with E-state index >= 15 is 0 Å². The minimum Gasteiger partial charge on any atom is -0.326 e. The highest BCUT2D eigenvalue weighted by Crippen LogP contribution is 2.36. The number of carbonyl (C=O) groups is 1. The summed E-state index contributed by atoms with van der Waals surface area (Å²) in [6.07, 6.45) is 1.56. The molecule has 0 aliphatic heterocycles. The number of carbonyl (C=O) groups excluding carboxylic acids is 1. The summed E-state index contributed by atoms with van der Waals surface area (Å²) < 4.78 is 37.6. The summed E-state index contributed by atoms with van der Waals surface area (Å²) in [7, 11) is -1.01. The lowest BCUT2D eigenvalue weighted by Crippen LogP contribution is -2.32. The largest absolute Gasteiger partial charge is 0.326 e. The summed E-state index contributed by atoms with van der Waals surface area (Å²) in [5.74, 6) is -2.86. The molecule has 1 aliphatic carbocycles. The third-order valence-corrected chi connectivity index (χ3v) is 4.44. The summed E-state index contributed by atoms with van der Waals surface area (Å²) in [6.45, 7) is 0. The van der Waals surface area contributed by atoms with Crippen LogP contribution < -0.4 is 5.32 Å². The Morgan fingerprint density at radius 1 is 1.33 bits per heavy atom. The zero-order chi connectivity index (χ0) is 15.5. The lowest BCUT2D eigenvalue weighted by Gasteiger charge is -2.27. The van der Waals surface area contributed by atoms with Gasteiger partial charge in [0.15, 0.2) is 0 Å². The summed E-state index contributed by atoms with van der Waals surface area (Å²) >= 11 is 0. The van der Waals surface area contributed by atoms with Crippen LogP contribution in [0, 0.1) is 5.92 Å². The van der Waals surface area contributed by atoms with Gasteiger partial charge < -0.3 is 5.32 Å². The van der Waals surface area contributed by atoms with Crippen molar-refractivity contribution in [1.82, 2.24) is 0 Å². The molecule has 0 radical (unpaired) electrons. The Morgan fingerprint density at radius 2 is 1.95 bits per heavy atom. The Labute approximate surface area is 125 Å². The summed E-state index contributed by atoms with van der Waals surface area (Å²) in [5, 5.41) is 2.79. The average Bonchev–Trinajstić information content (AvgIpc) is 2.40. The molecule has 1 unspecified atom stereocenters. The van der Waals surface area contributed by atoms with Gasteiger partial charge in [0.2, 0.25) is 11.8 Å². The third kappa shape index (κ3) is 4.59. The standard InChI is InChI=1S/C15H19F2NO2S/c1-21(20)10-12-4-2-3-5-13(12)18-14(19)11-6-8-15(16,17)9-7-11/h2-5,11H,6-10H2,1H3,(H,18,19). The van der Waals surface area contributed by atoms with Crippen molar-refractivity contribution in [2.24, 2.45) is 5.92 Å². The van der Waals surface area contributed by atoms with E-state index in [0.29, 0.717) is 11.4 Å². The predicted molar refractivity (Wildman–Crippen MR) is 79.7 cm³/mol. The van der Waals surface area contributed by atoms with Gasteiger partial charge in [0.1, 0.15) is 0 Å². The van der Waals surface area contributed by atoms with Crippen molar-refractivity contribution in [3.8, 4) is 0 Å². The van der Waals surface area contributed by atoms with Gasteiger partial charge >= 0.3 is 0 Å². The highest BCUT2D eigenvalue weighted by molar-refractivity contribution is 7.83. The van der Waals surface area contributed by atoms with Crippen molar-refractivity contribution in [2.75, 3.05) is 11.6 Å². The molecule has 3 nitrogen and oxygen atoms in total. The summed E-state index contributed by atoms with van der Waals surface area (Å²) in [4.78, 5) is 12.2. The fourth-order valence-electron chi connectivity index (χ4n) is 2.52. The average molecular weight is 315 g/mol. The van der Waals surface area contributed by atoms with E-state index in [2.05, 4.69) is 5.32 Å². The number of halogens is 2. The zero-order valence-corrected chi connectivity index (χ0v) is 12.7. The number of alkyl halides is 2. The maximum Gasteiger partial charge on any atom is 0.248 e. The number of hydrogen-bond acceptors (Lipinski definition) is 2. The van der Waals surface area contributed by atoms with Crippen molar-refractivity contribution >= 4 is 22.4 Å². The van der Waals surface area contributed by atoms with E-state index in [1.807, 2.05) is 12.1 Å². The van der Waals surface area contributed by atoms with Crippen LogP contribution in [-0.4, -0.2) is 22.3 Å². The zero-order valence-electron chi connectivity index (χ0n) is 11.9. The van der Waals surface area contributed by atoms with Gasteiger partial charge in [-0.15, -0.1) is 0 Å². The second-order valence-corrected chi connectivity index (χ2v) is 6.93. The van der Waals surface area contributed by atoms with Crippen LogP contribution in [0.15, 0.2) is 24.3 Å². The van der Waals surface area contributed by atoms with Crippen LogP contribution in [0.5, 0.6) is 0 Å². The van der Waals surface area contributed by atoms with Gasteiger partial charge in [0.25, 0.3) is 0 Å². The highest BCUT2D eigenvalue weighted by atomic mass is 32.2. The van der Waals surface area contributed by atoms with Crippen LogP contribution in [0.3, 0.4) is 0 Å². The van der Waals surface area contributed by atoms with Gasteiger partial charge in [-0.2, -0.15) is 0 Å². The molecule has 0 aromatic heterocycles. The molecule has 0 spiro atoms. The monoisotopic (exact) mass is 315 g/mol. The second kappa shape index (κ2) is 6.64. The van der Waals surface area contributed by atoms with Crippen LogP contribution >= 0.6 is 0 Å². The molecule has 1 N–H and O–H groups in total.